The van der Waals surface area contributed by atoms with E-state index in [4.69, 9.17) is 14.2 Å². The quantitative estimate of drug-likeness (QED) is 0.474. The lowest BCUT2D eigenvalue weighted by Gasteiger charge is -2.18. The Hall–Kier alpha value is -4.21. The zero-order chi connectivity index (χ0) is 21.8. The van der Waals surface area contributed by atoms with Crippen molar-refractivity contribution in [3.63, 3.8) is 0 Å². The molecule has 0 atom stereocenters. The summed E-state index contributed by atoms with van der Waals surface area (Å²) >= 11 is 0. The molecule has 0 spiro atoms. The lowest BCUT2D eigenvalue weighted by Crippen LogP contribution is -2.24. The number of carbonyl (C=O) groups is 1. The van der Waals surface area contributed by atoms with Crippen LogP contribution in [0.5, 0.6) is 23.1 Å². The summed E-state index contributed by atoms with van der Waals surface area (Å²) in [5, 5.41) is 14.0. The zero-order valence-corrected chi connectivity index (χ0v) is 16.0. The highest BCUT2D eigenvalue weighted by Crippen LogP contribution is 2.36. The van der Waals surface area contributed by atoms with Crippen LogP contribution in [0.2, 0.25) is 0 Å². The molecule has 1 aromatic heterocycles. The number of nitro benzene ring substituents is 1. The van der Waals surface area contributed by atoms with Crippen molar-refractivity contribution in [2.75, 3.05) is 13.2 Å². The van der Waals surface area contributed by atoms with Crippen LogP contribution >= 0.6 is 0 Å². The summed E-state index contributed by atoms with van der Waals surface area (Å²) in [5.41, 5.74) is 0.132. The second kappa shape index (κ2) is 8.66. The summed E-state index contributed by atoms with van der Waals surface area (Å²) in [5.74, 6) is 0.00607. The van der Waals surface area contributed by atoms with Gasteiger partial charge in [0.25, 0.3) is 11.6 Å². The number of rotatable bonds is 6. The van der Waals surface area contributed by atoms with E-state index < -0.39 is 16.6 Å². The fourth-order valence-electron chi connectivity index (χ4n) is 2.92. The minimum absolute atomic E-state index is 0.0810. The number of hydrogen-bond acceptors (Lipinski definition) is 7. The van der Waals surface area contributed by atoms with Crippen molar-refractivity contribution in [1.82, 2.24) is 10.3 Å². The molecule has 1 N–H and O–H groups in total. The van der Waals surface area contributed by atoms with Gasteiger partial charge in [-0.1, -0.05) is 12.1 Å². The fraction of sp³-hybridized carbons (Fsp3) is 0.143. The molecule has 2 heterocycles. The van der Waals surface area contributed by atoms with Gasteiger partial charge in [-0.05, 0) is 17.7 Å². The third-order valence-electron chi connectivity index (χ3n) is 4.37. The SMILES string of the molecule is O=C(NCc1ccc(Oc2cccc(F)c2)nc1)c1cc2c(cc1[N+](=O)[O-])OCCO2. The second-order valence-corrected chi connectivity index (χ2v) is 6.52. The first-order valence-electron chi connectivity index (χ1n) is 9.24. The molecule has 0 unspecified atom stereocenters. The van der Waals surface area contributed by atoms with Crippen LogP contribution in [-0.4, -0.2) is 29.0 Å². The van der Waals surface area contributed by atoms with Crippen LogP contribution in [0.4, 0.5) is 10.1 Å². The lowest BCUT2D eigenvalue weighted by molar-refractivity contribution is -0.385. The third kappa shape index (κ3) is 4.69. The Labute approximate surface area is 175 Å². The molecule has 0 radical (unpaired) electrons. The van der Waals surface area contributed by atoms with E-state index >= 15 is 0 Å². The van der Waals surface area contributed by atoms with E-state index in [0.717, 1.165) is 0 Å². The van der Waals surface area contributed by atoms with Gasteiger partial charge in [-0.2, -0.15) is 0 Å². The molecule has 31 heavy (non-hydrogen) atoms. The first-order chi connectivity index (χ1) is 15.0. The lowest BCUT2D eigenvalue weighted by atomic mass is 10.1. The summed E-state index contributed by atoms with van der Waals surface area (Å²) < 4.78 is 29.4. The number of nitrogens with one attached hydrogen (secondary N) is 1. The van der Waals surface area contributed by atoms with Gasteiger partial charge in [-0.3, -0.25) is 14.9 Å². The molecule has 0 saturated carbocycles. The van der Waals surface area contributed by atoms with Gasteiger partial charge in [-0.15, -0.1) is 0 Å². The molecular formula is C21H16FN3O6. The van der Waals surface area contributed by atoms with Gasteiger partial charge < -0.3 is 19.5 Å². The molecule has 0 aliphatic carbocycles. The van der Waals surface area contributed by atoms with E-state index in [0.29, 0.717) is 17.9 Å². The number of fused-ring (bicyclic) bond motifs is 1. The van der Waals surface area contributed by atoms with E-state index in [9.17, 15) is 19.3 Å². The highest BCUT2D eigenvalue weighted by molar-refractivity contribution is 5.99. The van der Waals surface area contributed by atoms with Crippen molar-refractivity contribution in [2.45, 2.75) is 6.54 Å². The number of halogens is 1. The molecule has 1 aliphatic rings. The number of ether oxygens (including phenoxy) is 3. The second-order valence-electron chi connectivity index (χ2n) is 6.52. The largest absolute Gasteiger partial charge is 0.486 e. The van der Waals surface area contributed by atoms with Crippen molar-refractivity contribution < 1.29 is 28.3 Å². The predicted molar refractivity (Wildman–Crippen MR) is 106 cm³/mol. The summed E-state index contributed by atoms with van der Waals surface area (Å²) in [6, 6.07) is 11.4. The molecule has 0 fully saturated rings. The van der Waals surface area contributed by atoms with Crippen molar-refractivity contribution in [1.29, 1.82) is 0 Å². The van der Waals surface area contributed by atoms with Gasteiger partial charge in [0, 0.05) is 30.9 Å². The van der Waals surface area contributed by atoms with Crippen LogP contribution in [0, 0.1) is 15.9 Å². The minimum Gasteiger partial charge on any atom is -0.486 e. The number of benzene rings is 2. The molecule has 10 heteroatoms. The number of hydrogen-bond donors (Lipinski definition) is 1. The topological polar surface area (TPSA) is 113 Å². The van der Waals surface area contributed by atoms with Gasteiger partial charge in [0.1, 0.15) is 30.3 Å². The van der Waals surface area contributed by atoms with E-state index in [1.54, 1.807) is 18.2 Å². The number of nitrogens with zero attached hydrogens (tertiary/aromatic N) is 2. The van der Waals surface area contributed by atoms with Crippen molar-refractivity contribution in [2.24, 2.45) is 0 Å². The van der Waals surface area contributed by atoms with Crippen LogP contribution in [0.25, 0.3) is 0 Å². The van der Waals surface area contributed by atoms with Crippen LogP contribution in [0.1, 0.15) is 15.9 Å². The number of carbonyl (C=O) groups excluding carboxylic acids is 1. The van der Waals surface area contributed by atoms with Gasteiger partial charge in [0.2, 0.25) is 5.88 Å². The van der Waals surface area contributed by atoms with E-state index in [2.05, 4.69) is 10.3 Å². The molecule has 3 aromatic rings. The van der Waals surface area contributed by atoms with Crippen molar-refractivity contribution >= 4 is 11.6 Å². The molecule has 1 aliphatic heterocycles. The zero-order valence-electron chi connectivity index (χ0n) is 16.0. The Morgan fingerprint density at radius 2 is 1.94 bits per heavy atom. The standard InChI is InChI=1S/C21H16FN3O6/c22-14-2-1-3-15(8-14)31-20-5-4-13(11-23-20)12-24-21(26)16-9-18-19(30-7-6-29-18)10-17(16)25(27)28/h1-5,8-11H,6-7,12H2,(H,24,26). The molecule has 0 bridgehead atoms. The summed E-state index contributed by atoms with van der Waals surface area (Å²) in [6.45, 7) is 0.654. The Bertz CT molecular complexity index is 1140. The van der Waals surface area contributed by atoms with Crippen LogP contribution in [0.15, 0.2) is 54.7 Å². The fourth-order valence-corrected chi connectivity index (χ4v) is 2.92. The monoisotopic (exact) mass is 425 g/mol. The maximum Gasteiger partial charge on any atom is 0.286 e. The Balaban J connectivity index is 1.43. The molecule has 0 saturated heterocycles. The van der Waals surface area contributed by atoms with Crippen LogP contribution in [-0.2, 0) is 6.54 Å². The summed E-state index contributed by atoms with van der Waals surface area (Å²) in [7, 11) is 0. The van der Waals surface area contributed by atoms with E-state index in [-0.39, 0.29) is 41.8 Å². The van der Waals surface area contributed by atoms with Crippen LogP contribution in [0.3, 0.4) is 0 Å². The van der Waals surface area contributed by atoms with E-state index in [1.165, 1.54) is 36.5 Å². The first-order valence-corrected chi connectivity index (χ1v) is 9.24. The van der Waals surface area contributed by atoms with Gasteiger partial charge in [0.05, 0.1) is 11.0 Å². The third-order valence-corrected chi connectivity index (χ3v) is 4.37. The first kappa shape index (κ1) is 20.1. The summed E-state index contributed by atoms with van der Waals surface area (Å²) in [4.78, 5) is 27.4. The molecule has 1 amide bonds. The Morgan fingerprint density at radius 3 is 2.61 bits per heavy atom. The summed E-state index contributed by atoms with van der Waals surface area (Å²) in [6.07, 6.45) is 1.48. The normalized spacial score (nSPS) is 12.2. The maximum atomic E-state index is 13.2. The average Bonchev–Trinajstić information content (AvgIpc) is 2.77. The molecule has 9 nitrogen and oxygen atoms in total. The highest BCUT2D eigenvalue weighted by atomic mass is 19.1. The average molecular weight is 425 g/mol. The van der Waals surface area contributed by atoms with Gasteiger partial charge in [0.15, 0.2) is 11.5 Å². The smallest absolute Gasteiger partial charge is 0.286 e. The van der Waals surface area contributed by atoms with Gasteiger partial charge in [-0.25, -0.2) is 9.37 Å². The molecular weight excluding hydrogens is 409 g/mol. The van der Waals surface area contributed by atoms with Gasteiger partial charge >= 0.3 is 0 Å². The highest BCUT2D eigenvalue weighted by Gasteiger charge is 2.26. The Morgan fingerprint density at radius 1 is 1.16 bits per heavy atom. The minimum atomic E-state index is -0.646. The molecule has 2 aromatic carbocycles. The van der Waals surface area contributed by atoms with Crippen molar-refractivity contribution in [3.8, 4) is 23.1 Å². The van der Waals surface area contributed by atoms with Crippen molar-refractivity contribution in [3.05, 3.63) is 81.8 Å². The number of amides is 1. The molecule has 158 valence electrons. The Kier molecular flexibility index (Phi) is 5.61. The van der Waals surface area contributed by atoms with E-state index in [1.807, 2.05) is 0 Å². The maximum absolute atomic E-state index is 13.2. The number of nitro groups is 1. The predicted octanol–water partition coefficient (Wildman–Crippen LogP) is 3.62. The van der Waals surface area contributed by atoms with Crippen LogP contribution < -0.4 is 19.5 Å². The number of pyridine rings is 1. The molecule has 4 rings (SSSR count). The number of aromatic nitrogens is 1.